The molecule has 0 aliphatic heterocycles. The molecule has 0 bridgehead atoms. The average Bonchev–Trinajstić information content (AvgIpc) is 2.02. The van der Waals surface area contributed by atoms with E-state index in [2.05, 4.69) is 0 Å². The molecule has 0 aromatic heterocycles. The molecule has 0 radical (unpaired) electrons. The van der Waals surface area contributed by atoms with Gasteiger partial charge in [-0.05, 0) is 24.7 Å². The highest BCUT2D eigenvalue weighted by atomic mass is 31.2. The number of rotatable bonds is 2. The summed E-state index contributed by atoms with van der Waals surface area (Å²) in [5.41, 5.74) is 1.10. The van der Waals surface area contributed by atoms with Crippen molar-refractivity contribution in [1.82, 2.24) is 0 Å². The molecule has 0 unspecified atom stereocenters. The van der Waals surface area contributed by atoms with Crippen LogP contribution in [0.3, 0.4) is 0 Å². The van der Waals surface area contributed by atoms with Gasteiger partial charge < -0.3 is 4.57 Å². The first-order valence-corrected chi connectivity index (χ1v) is 6.54. The molecule has 2 heteroatoms. The van der Waals surface area contributed by atoms with Gasteiger partial charge in [-0.1, -0.05) is 36.4 Å². The summed E-state index contributed by atoms with van der Waals surface area (Å²) in [5.74, 6) is 1.78. The lowest BCUT2D eigenvalue weighted by Gasteiger charge is -1.96. The van der Waals surface area contributed by atoms with Gasteiger partial charge >= 0.3 is 0 Å². The molecule has 0 atom stereocenters. The molecule has 0 saturated heterocycles. The molecule has 1 rings (SSSR count). The molecule has 0 fully saturated rings. The highest BCUT2D eigenvalue weighted by Crippen LogP contribution is 2.38. The largest absolute Gasteiger partial charge is 0.320 e. The second-order valence-corrected chi connectivity index (χ2v) is 6.33. The fourth-order valence-electron chi connectivity index (χ4n) is 0.830. The van der Waals surface area contributed by atoms with Gasteiger partial charge in [0, 0.05) is 0 Å². The molecule has 64 valence electrons. The van der Waals surface area contributed by atoms with Crippen LogP contribution in [0, 0.1) is 0 Å². The molecule has 0 aliphatic carbocycles. The minimum Gasteiger partial charge on any atom is -0.320 e. The maximum absolute atomic E-state index is 11.3. The predicted octanol–water partition coefficient (Wildman–Crippen LogP) is 3.28. The first-order chi connectivity index (χ1) is 5.58. The lowest BCUT2D eigenvalue weighted by Crippen LogP contribution is -1.69. The lowest BCUT2D eigenvalue weighted by molar-refractivity contribution is 0.588. The van der Waals surface area contributed by atoms with Gasteiger partial charge in [-0.15, -0.1) is 0 Å². The van der Waals surface area contributed by atoms with Crippen molar-refractivity contribution < 1.29 is 4.57 Å². The van der Waals surface area contributed by atoms with Crippen LogP contribution in [0.1, 0.15) is 5.56 Å². The topological polar surface area (TPSA) is 17.1 Å². The normalized spacial score (nSPS) is 12.2. The fourth-order valence-corrected chi connectivity index (χ4v) is 1.36. The van der Waals surface area contributed by atoms with Crippen molar-refractivity contribution in [1.29, 1.82) is 0 Å². The maximum Gasteiger partial charge on any atom is 0.102 e. The third-order valence-corrected chi connectivity index (χ3v) is 2.29. The Morgan fingerprint density at radius 3 is 2.25 bits per heavy atom. The molecule has 0 spiro atoms. The molecule has 0 aliphatic rings. The van der Waals surface area contributed by atoms with Crippen molar-refractivity contribution in [2.75, 3.05) is 13.3 Å². The number of hydrogen-bond acceptors (Lipinski definition) is 1. The Bertz CT molecular complexity index is 308. The summed E-state index contributed by atoms with van der Waals surface area (Å²) < 4.78 is 11.3. The van der Waals surface area contributed by atoms with Crippen LogP contribution in [0.2, 0.25) is 0 Å². The van der Waals surface area contributed by atoms with E-state index in [0.717, 1.165) is 5.56 Å². The number of hydrogen-bond donors (Lipinski definition) is 0. The van der Waals surface area contributed by atoms with Crippen LogP contribution >= 0.6 is 7.14 Å². The molecule has 0 heterocycles. The van der Waals surface area contributed by atoms with Crippen molar-refractivity contribution in [2.24, 2.45) is 0 Å². The van der Waals surface area contributed by atoms with Gasteiger partial charge in [0.25, 0.3) is 0 Å². The van der Waals surface area contributed by atoms with Crippen LogP contribution in [-0.2, 0) is 4.57 Å². The van der Waals surface area contributed by atoms with E-state index in [0.29, 0.717) is 0 Å². The van der Waals surface area contributed by atoms with Gasteiger partial charge in [-0.2, -0.15) is 0 Å². The van der Waals surface area contributed by atoms with Gasteiger partial charge in [0.05, 0.1) is 0 Å². The second-order valence-electron chi connectivity index (χ2n) is 3.16. The zero-order valence-electron chi connectivity index (χ0n) is 7.40. The van der Waals surface area contributed by atoms with E-state index in [1.165, 1.54) is 0 Å². The van der Waals surface area contributed by atoms with E-state index < -0.39 is 7.14 Å². The van der Waals surface area contributed by atoms with E-state index in [-0.39, 0.29) is 0 Å². The summed E-state index contributed by atoms with van der Waals surface area (Å²) in [4.78, 5) is 0. The second kappa shape index (κ2) is 3.73. The van der Waals surface area contributed by atoms with Gasteiger partial charge in [0.2, 0.25) is 0 Å². The molecular weight excluding hydrogens is 167 g/mol. The Morgan fingerprint density at radius 2 is 1.75 bits per heavy atom. The third kappa shape index (κ3) is 3.54. The molecule has 0 amide bonds. The van der Waals surface area contributed by atoms with Crippen LogP contribution in [0.4, 0.5) is 0 Å². The van der Waals surface area contributed by atoms with E-state index in [1.54, 1.807) is 19.1 Å². The van der Waals surface area contributed by atoms with Crippen LogP contribution in [0.25, 0.3) is 6.08 Å². The average molecular weight is 180 g/mol. The van der Waals surface area contributed by atoms with Gasteiger partial charge in [0.15, 0.2) is 0 Å². The third-order valence-electron chi connectivity index (χ3n) is 1.43. The molecular formula is C10H13OP. The predicted molar refractivity (Wildman–Crippen MR) is 54.9 cm³/mol. The van der Waals surface area contributed by atoms with Crippen molar-refractivity contribution in [3.8, 4) is 0 Å². The first kappa shape index (κ1) is 9.28. The Balaban J connectivity index is 2.78. The summed E-state index contributed by atoms with van der Waals surface area (Å²) in [7, 11) is -2.01. The molecule has 1 aromatic carbocycles. The quantitative estimate of drug-likeness (QED) is 0.638. The Kier molecular flexibility index (Phi) is 2.88. The zero-order chi connectivity index (χ0) is 9.03. The number of benzene rings is 1. The van der Waals surface area contributed by atoms with E-state index >= 15 is 0 Å². The molecule has 0 saturated carbocycles. The fraction of sp³-hybridized carbons (Fsp3) is 0.200. The van der Waals surface area contributed by atoms with E-state index in [1.807, 2.05) is 36.4 Å². The van der Waals surface area contributed by atoms with Crippen LogP contribution in [0.5, 0.6) is 0 Å². The van der Waals surface area contributed by atoms with Gasteiger partial charge in [0.1, 0.15) is 7.14 Å². The van der Waals surface area contributed by atoms with Gasteiger partial charge in [-0.25, -0.2) is 0 Å². The van der Waals surface area contributed by atoms with Gasteiger partial charge in [-0.3, -0.25) is 0 Å². The van der Waals surface area contributed by atoms with Crippen molar-refractivity contribution >= 4 is 13.2 Å². The first-order valence-electron chi connectivity index (χ1n) is 3.87. The minimum atomic E-state index is -2.01. The Morgan fingerprint density at radius 1 is 1.17 bits per heavy atom. The maximum atomic E-state index is 11.3. The standard InChI is InChI=1S/C10H13OP/c1-12(2,11)9-8-10-6-4-3-5-7-10/h3-9H,1-2H3. The van der Waals surface area contributed by atoms with E-state index in [9.17, 15) is 4.57 Å². The highest BCUT2D eigenvalue weighted by Gasteiger charge is 1.98. The van der Waals surface area contributed by atoms with Crippen LogP contribution in [-0.4, -0.2) is 13.3 Å². The molecule has 1 aromatic rings. The highest BCUT2D eigenvalue weighted by molar-refractivity contribution is 7.65. The summed E-state index contributed by atoms with van der Waals surface area (Å²) in [6, 6.07) is 9.89. The smallest absolute Gasteiger partial charge is 0.102 e. The summed E-state index contributed by atoms with van der Waals surface area (Å²) >= 11 is 0. The van der Waals surface area contributed by atoms with Crippen LogP contribution < -0.4 is 0 Å². The summed E-state index contributed by atoms with van der Waals surface area (Å²) in [6.45, 7) is 3.51. The van der Waals surface area contributed by atoms with E-state index in [4.69, 9.17) is 0 Å². The van der Waals surface area contributed by atoms with Crippen molar-refractivity contribution in [3.63, 3.8) is 0 Å². The van der Waals surface area contributed by atoms with Crippen molar-refractivity contribution in [3.05, 3.63) is 41.7 Å². The SMILES string of the molecule is CP(C)(=O)C=Cc1ccccc1. The molecule has 0 N–H and O–H groups in total. The summed E-state index contributed by atoms with van der Waals surface area (Å²) in [5, 5.41) is 0. The monoisotopic (exact) mass is 180 g/mol. The lowest BCUT2D eigenvalue weighted by atomic mass is 10.2. The Labute approximate surface area is 73.5 Å². The molecule has 1 nitrogen and oxygen atoms in total. The Hall–Kier alpha value is -0.810. The zero-order valence-corrected chi connectivity index (χ0v) is 8.29. The van der Waals surface area contributed by atoms with Crippen LogP contribution in [0.15, 0.2) is 36.1 Å². The molecule has 12 heavy (non-hydrogen) atoms. The van der Waals surface area contributed by atoms with Crippen molar-refractivity contribution in [2.45, 2.75) is 0 Å². The summed E-state index contributed by atoms with van der Waals surface area (Å²) in [6.07, 6.45) is 1.90. The minimum absolute atomic E-state index is 1.10.